The Hall–Kier alpha value is -1.37. The zero-order chi connectivity index (χ0) is 9.84. The van der Waals surface area contributed by atoms with Gasteiger partial charge in [-0.25, -0.2) is 0 Å². The molecule has 1 rings (SSSR count). The Kier molecular flexibility index (Phi) is 3.02. The molecule has 1 aromatic rings. The fourth-order valence-corrected chi connectivity index (χ4v) is 1.16. The number of carbonyl (C=O) groups excluding carboxylic acids is 1. The van der Waals surface area contributed by atoms with Crippen molar-refractivity contribution < 1.29 is 4.79 Å². The molecule has 1 unspecified atom stereocenters. The second-order valence-corrected chi connectivity index (χ2v) is 3.20. The molecule has 1 atom stereocenters. The van der Waals surface area contributed by atoms with E-state index in [1.54, 1.807) is 6.92 Å². The maximum absolute atomic E-state index is 11.0. The van der Waals surface area contributed by atoms with Crippen LogP contribution >= 0.6 is 0 Å². The zero-order valence-electron chi connectivity index (χ0n) is 8.08. The van der Waals surface area contributed by atoms with Crippen molar-refractivity contribution in [3.8, 4) is 0 Å². The summed E-state index contributed by atoms with van der Waals surface area (Å²) < 4.78 is 0. The van der Waals surface area contributed by atoms with E-state index >= 15 is 0 Å². The first-order chi connectivity index (χ1) is 6.15. The van der Waals surface area contributed by atoms with Gasteiger partial charge < -0.3 is 0 Å². The van der Waals surface area contributed by atoms with Crippen LogP contribution in [-0.2, 0) is 0 Å². The first kappa shape index (κ1) is 9.72. The molecule has 0 amide bonds. The summed E-state index contributed by atoms with van der Waals surface area (Å²) in [6.45, 7) is 7.38. The summed E-state index contributed by atoms with van der Waals surface area (Å²) in [6.07, 6.45) is 1.89. The Morgan fingerprint density at radius 3 is 2.31 bits per heavy atom. The first-order valence-corrected chi connectivity index (χ1v) is 4.38. The SMILES string of the molecule is C=CC(C)c1ccc(C(C)=O)cc1. The molecular formula is C12H14O. The summed E-state index contributed by atoms with van der Waals surface area (Å²) in [6, 6.07) is 7.67. The summed E-state index contributed by atoms with van der Waals surface area (Å²) in [5.41, 5.74) is 1.96. The van der Waals surface area contributed by atoms with E-state index in [1.165, 1.54) is 5.56 Å². The number of carbonyl (C=O) groups is 1. The minimum absolute atomic E-state index is 0.109. The van der Waals surface area contributed by atoms with E-state index in [1.807, 2.05) is 30.3 Å². The Morgan fingerprint density at radius 2 is 1.92 bits per heavy atom. The highest BCUT2D eigenvalue weighted by molar-refractivity contribution is 5.94. The number of benzene rings is 1. The standard InChI is InChI=1S/C12H14O/c1-4-9(2)11-5-7-12(8-6-11)10(3)13/h4-9H,1H2,2-3H3. The molecule has 0 aromatic heterocycles. The topological polar surface area (TPSA) is 17.1 Å². The van der Waals surface area contributed by atoms with Crippen LogP contribution < -0.4 is 0 Å². The first-order valence-electron chi connectivity index (χ1n) is 4.38. The van der Waals surface area contributed by atoms with Crippen LogP contribution in [0.2, 0.25) is 0 Å². The summed E-state index contributed by atoms with van der Waals surface area (Å²) >= 11 is 0. The predicted octanol–water partition coefficient (Wildman–Crippen LogP) is 3.18. The molecule has 0 N–H and O–H groups in total. The monoisotopic (exact) mass is 174 g/mol. The molecule has 0 fully saturated rings. The van der Waals surface area contributed by atoms with Gasteiger partial charge in [-0.3, -0.25) is 4.79 Å². The molecule has 0 bridgehead atoms. The van der Waals surface area contributed by atoms with Crippen LogP contribution in [0.25, 0.3) is 0 Å². The van der Waals surface area contributed by atoms with Crippen molar-refractivity contribution in [1.82, 2.24) is 0 Å². The minimum Gasteiger partial charge on any atom is -0.295 e. The van der Waals surface area contributed by atoms with Gasteiger partial charge in [0.2, 0.25) is 0 Å². The highest BCUT2D eigenvalue weighted by atomic mass is 16.1. The van der Waals surface area contributed by atoms with Crippen LogP contribution in [-0.4, -0.2) is 5.78 Å². The van der Waals surface area contributed by atoms with Gasteiger partial charge >= 0.3 is 0 Å². The number of Topliss-reactive ketones (excluding diaryl/α,β-unsaturated/α-hetero) is 1. The molecule has 1 heteroatoms. The van der Waals surface area contributed by atoms with E-state index in [0.29, 0.717) is 5.92 Å². The third-order valence-electron chi connectivity index (χ3n) is 2.20. The van der Waals surface area contributed by atoms with Crippen molar-refractivity contribution in [2.45, 2.75) is 19.8 Å². The largest absolute Gasteiger partial charge is 0.295 e. The highest BCUT2D eigenvalue weighted by Gasteiger charge is 2.02. The molecular weight excluding hydrogens is 160 g/mol. The highest BCUT2D eigenvalue weighted by Crippen LogP contribution is 2.16. The van der Waals surface area contributed by atoms with Crippen molar-refractivity contribution in [3.05, 3.63) is 48.0 Å². The Bertz CT molecular complexity index is 308. The van der Waals surface area contributed by atoms with Crippen LogP contribution in [0.3, 0.4) is 0 Å². The normalized spacial score (nSPS) is 12.2. The Morgan fingerprint density at radius 1 is 1.38 bits per heavy atom. The van der Waals surface area contributed by atoms with Gasteiger partial charge in [-0.15, -0.1) is 6.58 Å². The molecule has 13 heavy (non-hydrogen) atoms. The van der Waals surface area contributed by atoms with E-state index < -0.39 is 0 Å². The van der Waals surface area contributed by atoms with Crippen molar-refractivity contribution in [2.24, 2.45) is 0 Å². The molecule has 0 saturated carbocycles. The van der Waals surface area contributed by atoms with Crippen LogP contribution in [0.4, 0.5) is 0 Å². The summed E-state index contributed by atoms with van der Waals surface area (Å²) in [4.78, 5) is 11.0. The van der Waals surface area contributed by atoms with Crippen molar-refractivity contribution in [3.63, 3.8) is 0 Å². The van der Waals surface area contributed by atoms with Gasteiger partial charge in [0, 0.05) is 5.56 Å². The van der Waals surface area contributed by atoms with Gasteiger partial charge in [0.1, 0.15) is 0 Å². The van der Waals surface area contributed by atoms with Gasteiger partial charge in [-0.05, 0) is 18.4 Å². The number of ketones is 1. The lowest BCUT2D eigenvalue weighted by atomic mass is 9.99. The summed E-state index contributed by atoms with van der Waals surface area (Å²) in [5, 5.41) is 0. The van der Waals surface area contributed by atoms with E-state index in [0.717, 1.165) is 5.56 Å². The Labute approximate surface area is 79.1 Å². The van der Waals surface area contributed by atoms with E-state index in [4.69, 9.17) is 0 Å². The summed E-state index contributed by atoms with van der Waals surface area (Å²) in [5.74, 6) is 0.457. The van der Waals surface area contributed by atoms with E-state index in [2.05, 4.69) is 13.5 Å². The number of allylic oxidation sites excluding steroid dienone is 1. The minimum atomic E-state index is 0.109. The van der Waals surface area contributed by atoms with Gasteiger partial charge in [-0.2, -0.15) is 0 Å². The average Bonchev–Trinajstić information content (AvgIpc) is 2.17. The van der Waals surface area contributed by atoms with Crippen LogP contribution in [0, 0.1) is 0 Å². The van der Waals surface area contributed by atoms with Crippen LogP contribution in [0.5, 0.6) is 0 Å². The number of rotatable bonds is 3. The lowest BCUT2D eigenvalue weighted by Gasteiger charge is -2.05. The maximum atomic E-state index is 11.0. The van der Waals surface area contributed by atoms with E-state index in [9.17, 15) is 4.79 Å². The lowest BCUT2D eigenvalue weighted by molar-refractivity contribution is 0.101. The van der Waals surface area contributed by atoms with Crippen molar-refractivity contribution >= 4 is 5.78 Å². The fourth-order valence-electron chi connectivity index (χ4n) is 1.16. The van der Waals surface area contributed by atoms with Gasteiger partial charge in [0.25, 0.3) is 0 Å². The third-order valence-corrected chi connectivity index (χ3v) is 2.20. The van der Waals surface area contributed by atoms with Crippen molar-refractivity contribution in [2.75, 3.05) is 0 Å². The van der Waals surface area contributed by atoms with Gasteiger partial charge in [0.15, 0.2) is 5.78 Å². The molecule has 0 aliphatic carbocycles. The molecule has 0 heterocycles. The molecule has 0 radical (unpaired) electrons. The summed E-state index contributed by atoms with van der Waals surface area (Å²) in [7, 11) is 0. The van der Waals surface area contributed by atoms with Crippen LogP contribution in [0.1, 0.15) is 35.7 Å². The van der Waals surface area contributed by atoms with Gasteiger partial charge in [0.05, 0.1) is 0 Å². The zero-order valence-corrected chi connectivity index (χ0v) is 8.08. The molecule has 0 aliphatic rings. The van der Waals surface area contributed by atoms with Crippen LogP contribution in [0.15, 0.2) is 36.9 Å². The second kappa shape index (κ2) is 4.04. The molecule has 1 aromatic carbocycles. The average molecular weight is 174 g/mol. The lowest BCUT2D eigenvalue weighted by Crippen LogP contribution is -1.93. The Balaban J connectivity index is 2.93. The maximum Gasteiger partial charge on any atom is 0.159 e. The predicted molar refractivity (Wildman–Crippen MR) is 55.1 cm³/mol. The number of hydrogen-bond acceptors (Lipinski definition) is 1. The van der Waals surface area contributed by atoms with Crippen molar-refractivity contribution in [1.29, 1.82) is 0 Å². The molecule has 0 aliphatic heterocycles. The van der Waals surface area contributed by atoms with E-state index in [-0.39, 0.29) is 5.78 Å². The second-order valence-electron chi connectivity index (χ2n) is 3.20. The number of hydrogen-bond donors (Lipinski definition) is 0. The smallest absolute Gasteiger partial charge is 0.159 e. The fraction of sp³-hybridized carbons (Fsp3) is 0.250. The molecule has 0 saturated heterocycles. The quantitative estimate of drug-likeness (QED) is 0.508. The molecule has 0 spiro atoms. The molecule has 1 nitrogen and oxygen atoms in total. The third kappa shape index (κ3) is 2.28. The van der Waals surface area contributed by atoms with Gasteiger partial charge in [-0.1, -0.05) is 37.3 Å². The molecule has 68 valence electrons.